The number of Topliss-reactive ketones (excluding diaryl/α,β-unsaturated/α-hetero) is 1. The molecule has 16 atom stereocenters. The lowest BCUT2D eigenvalue weighted by molar-refractivity contribution is -0.378. The predicted molar refractivity (Wildman–Crippen MR) is 201 cm³/mol. The number of ether oxygens (including phenoxy) is 5. The maximum Gasteiger partial charge on any atom is 0.309 e. The largest absolute Gasteiger partial charge is 0.481 e. The molecule has 5 heterocycles. The lowest BCUT2D eigenvalue weighted by Gasteiger charge is -2.52. The van der Waals surface area contributed by atoms with E-state index in [-0.39, 0.29) is 65.4 Å². The van der Waals surface area contributed by atoms with E-state index < -0.39 is 46.4 Å². The molecule has 0 aromatic heterocycles. The zero-order valence-corrected chi connectivity index (χ0v) is 34.4. The molecular formula is C43H70O10. The van der Waals surface area contributed by atoms with Gasteiger partial charge < -0.3 is 33.9 Å². The Bertz CT molecular complexity index is 1380. The highest BCUT2D eigenvalue weighted by Gasteiger charge is 2.63. The fraction of sp³-hybridized carbons (Fsp3) is 0.884. The Balaban J connectivity index is 1.30. The minimum absolute atomic E-state index is 0.0552. The molecule has 5 aliphatic rings. The first-order chi connectivity index (χ1) is 24.7. The quantitative estimate of drug-likeness (QED) is 0.203. The second-order valence-electron chi connectivity index (χ2n) is 18.4. The summed E-state index contributed by atoms with van der Waals surface area (Å²) in [7, 11) is 0. The average Bonchev–Trinajstić information content (AvgIpc) is 3.45. The van der Waals surface area contributed by atoms with Gasteiger partial charge in [0, 0.05) is 24.2 Å². The number of hydrogen-bond acceptors (Lipinski definition) is 9. The van der Waals surface area contributed by atoms with Crippen molar-refractivity contribution in [1.29, 1.82) is 0 Å². The van der Waals surface area contributed by atoms with E-state index in [0.717, 1.165) is 12.8 Å². The van der Waals surface area contributed by atoms with Gasteiger partial charge >= 0.3 is 5.97 Å². The van der Waals surface area contributed by atoms with Gasteiger partial charge in [0.2, 0.25) is 11.6 Å². The summed E-state index contributed by atoms with van der Waals surface area (Å²) < 4.78 is 33.6. The lowest BCUT2D eigenvalue weighted by Crippen LogP contribution is -2.62. The molecule has 302 valence electrons. The van der Waals surface area contributed by atoms with Gasteiger partial charge in [-0.1, -0.05) is 55.4 Å². The van der Waals surface area contributed by atoms with Crippen molar-refractivity contribution in [3.63, 3.8) is 0 Å². The van der Waals surface area contributed by atoms with Crippen LogP contribution in [0.1, 0.15) is 147 Å². The Morgan fingerprint density at radius 3 is 2.21 bits per heavy atom. The smallest absolute Gasteiger partial charge is 0.309 e. The van der Waals surface area contributed by atoms with Crippen molar-refractivity contribution in [2.45, 2.75) is 200 Å². The van der Waals surface area contributed by atoms with E-state index in [1.807, 2.05) is 48.5 Å². The molecular weight excluding hydrogens is 676 g/mol. The van der Waals surface area contributed by atoms with Gasteiger partial charge in [-0.3, -0.25) is 14.4 Å². The van der Waals surface area contributed by atoms with Crippen molar-refractivity contribution >= 4 is 17.5 Å². The molecule has 2 spiro atoms. The minimum atomic E-state index is -1.52. The molecule has 0 aromatic rings. The molecule has 0 radical (unpaired) electrons. The highest BCUT2D eigenvalue weighted by molar-refractivity contribution is 5.97. The van der Waals surface area contributed by atoms with Crippen molar-refractivity contribution in [2.24, 2.45) is 41.4 Å². The molecule has 4 fully saturated rings. The van der Waals surface area contributed by atoms with Crippen molar-refractivity contribution in [1.82, 2.24) is 0 Å². The molecule has 4 saturated heterocycles. The molecule has 0 saturated carbocycles. The Kier molecular flexibility index (Phi) is 12.6. The molecule has 53 heavy (non-hydrogen) atoms. The molecule has 10 heteroatoms. The normalized spacial score (nSPS) is 45.6. The number of hydrogen-bond donors (Lipinski definition) is 2. The zero-order chi connectivity index (χ0) is 39.3. The van der Waals surface area contributed by atoms with Crippen molar-refractivity contribution in [3.05, 3.63) is 12.2 Å². The average molecular weight is 747 g/mol. The number of aliphatic carboxylic acids is 1. The van der Waals surface area contributed by atoms with E-state index in [9.17, 15) is 24.6 Å². The second-order valence-corrected chi connectivity index (χ2v) is 18.4. The van der Waals surface area contributed by atoms with Gasteiger partial charge in [0.25, 0.3) is 0 Å². The summed E-state index contributed by atoms with van der Waals surface area (Å²) in [4.78, 5) is 40.2. The third-order valence-electron chi connectivity index (χ3n) is 14.5. The Morgan fingerprint density at radius 2 is 1.60 bits per heavy atom. The van der Waals surface area contributed by atoms with Gasteiger partial charge in [-0.25, -0.2) is 0 Å². The van der Waals surface area contributed by atoms with Crippen molar-refractivity contribution in [2.75, 3.05) is 0 Å². The summed E-state index contributed by atoms with van der Waals surface area (Å²) in [5.41, 5.74) is -2.40. The predicted octanol–water partition coefficient (Wildman–Crippen LogP) is 7.82. The van der Waals surface area contributed by atoms with Crippen LogP contribution >= 0.6 is 0 Å². The standard InChI is InChI=1S/C43H70O10/c1-12-31(35(45)26(5)23-27(6)36-25(4)15-18-39(10,50-36)32(13-2)38(46)47)37-28(7)24-29(8)42(51-37)20-16-33(44)43(53-42)22-21-40(11,52-43)34-17-19-41(48,14-3)30(9)49-34/h16,20,25-32,34,36-37,48H,12-15,17-19,21-24H2,1-11H3,(H,46,47)/t25-,26-,27-,28-,29+,30-,31-,32-,34+,36+,37-,39+,40-,41+,42-,43-/m0/s1. The Hall–Kier alpha value is -1.69. The van der Waals surface area contributed by atoms with Crippen molar-refractivity contribution in [3.8, 4) is 0 Å². The van der Waals surface area contributed by atoms with E-state index in [4.69, 9.17) is 23.7 Å². The molecule has 0 bridgehead atoms. The van der Waals surface area contributed by atoms with Crippen LogP contribution in [0.2, 0.25) is 0 Å². The summed E-state index contributed by atoms with van der Waals surface area (Å²) >= 11 is 0. The second kappa shape index (κ2) is 15.7. The zero-order valence-electron chi connectivity index (χ0n) is 34.4. The van der Waals surface area contributed by atoms with Gasteiger partial charge in [-0.15, -0.1) is 0 Å². The Morgan fingerprint density at radius 1 is 0.906 bits per heavy atom. The first kappa shape index (κ1) is 42.5. The molecule has 0 aromatic carbocycles. The summed E-state index contributed by atoms with van der Waals surface area (Å²) in [6.45, 7) is 22.2. The van der Waals surface area contributed by atoms with Crippen LogP contribution < -0.4 is 0 Å². The lowest BCUT2D eigenvalue weighted by atomic mass is 9.72. The minimum Gasteiger partial charge on any atom is -0.481 e. The summed E-state index contributed by atoms with van der Waals surface area (Å²) in [5.74, 6) is -4.60. The van der Waals surface area contributed by atoms with Crippen LogP contribution in [0.5, 0.6) is 0 Å². The topological polar surface area (TPSA) is 138 Å². The maximum atomic E-state index is 14.4. The van der Waals surface area contributed by atoms with Crippen LogP contribution in [-0.4, -0.2) is 80.5 Å². The fourth-order valence-corrected chi connectivity index (χ4v) is 10.8. The van der Waals surface area contributed by atoms with Crippen molar-refractivity contribution < 1.29 is 48.3 Å². The van der Waals surface area contributed by atoms with E-state index in [2.05, 4.69) is 27.7 Å². The van der Waals surface area contributed by atoms with Crippen LogP contribution in [0, 0.1) is 41.4 Å². The van der Waals surface area contributed by atoms with Crippen LogP contribution in [0.15, 0.2) is 12.2 Å². The number of aliphatic hydroxyl groups is 1. The molecule has 2 N–H and O–H groups in total. The molecule has 5 aliphatic heterocycles. The van der Waals surface area contributed by atoms with Gasteiger partial charge in [-0.05, 0) is 115 Å². The third kappa shape index (κ3) is 7.85. The molecule has 5 rings (SSSR count). The van der Waals surface area contributed by atoms with Crippen LogP contribution in [0.25, 0.3) is 0 Å². The molecule has 0 aliphatic carbocycles. The number of ketones is 2. The van der Waals surface area contributed by atoms with Crippen LogP contribution in [-0.2, 0) is 38.1 Å². The molecule has 10 nitrogen and oxygen atoms in total. The summed E-state index contributed by atoms with van der Waals surface area (Å²) in [5, 5.41) is 21.0. The maximum absolute atomic E-state index is 14.4. The molecule has 0 amide bonds. The summed E-state index contributed by atoms with van der Waals surface area (Å²) in [6, 6.07) is 0. The number of rotatable bonds is 12. The van der Waals surface area contributed by atoms with E-state index in [0.29, 0.717) is 57.8 Å². The number of carboxylic acid groups (broad SMARTS) is 1. The van der Waals surface area contributed by atoms with E-state index >= 15 is 0 Å². The number of carbonyl (C=O) groups is 3. The summed E-state index contributed by atoms with van der Waals surface area (Å²) in [6.07, 6.45) is 8.88. The number of carboxylic acids is 1. The van der Waals surface area contributed by atoms with Gasteiger partial charge in [0.15, 0.2) is 5.79 Å². The highest BCUT2D eigenvalue weighted by Crippen LogP contribution is 2.53. The van der Waals surface area contributed by atoms with Gasteiger partial charge in [0.1, 0.15) is 5.78 Å². The van der Waals surface area contributed by atoms with E-state index in [1.54, 1.807) is 12.2 Å². The molecule has 0 unspecified atom stereocenters. The van der Waals surface area contributed by atoms with Gasteiger partial charge in [-0.2, -0.15) is 0 Å². The highest BCUT2D eigenvalue weighted by atomic mass is 16.8. The first-order valence-electron chi connectivity index (χ1n) is 20.9. The Labute approximate surface area is 318 Å². The fourth-order valence-electron chi connectivity index (χ4n) is 10.8. The van der Waals surface area contributed by atoms with E-state index in [1.165, 1.54) is 0 Å². The van der Waals surface area contributed by atoms with Crippen LogP contribution in [0.4, 0.5) is 0 Å². The van der Waals surface area contributed by atoms with Gasteiger partial charge in [0.05, 0.1) is 47.1 Å². The first-order valence-corrected chi connectivity index (χ1v) is 20.9. The monoisotopic (exact) mass is 746 g/mol. The van der Waals surface area contributed by atoms with Crippen LogP contribution in [0.3, 0.4) is 0 Å². The SMILES string of the molecule is CC[C@@H](C(=O)[C@@H](C)C[C@H](C)[C@@H]1O[C@@](C)([C@@H](CC)C(=O)O)CC[C@@H]1C)[C@H]1O[C@]2(C=CC(=O)[C@]3(CC[C@@](C)([C@H]4CC[C@](O)(CC)[C@H](C)O4)O3)O2)[C@H](C)C[C@@H]1C. The number of carbonyl (C=O) groups excluding carboxylic acids is 2. The third-order valence-corrected chi connectivity index (χ3v) is 14.5.